The predicted octanol–water partition coefficient (Wildman–Crippen LogP) is 2.21. The van der Waals surface area contributed by atoms with Crippen LogP contribution in [0.2, 0.25) is 0 Å². The zero-order chi connectivity index (χ0) is 21.5. The van der Waals surface area contributed by atoms with Crippen molar-refractivity contribution in [2.45, 2.75) is 49.9 Å². The van der Waals surface area contributed by atoms with E-state index in [1.165, 1.54) is 19.3 Å². The highest BCUT2D eigenvalue weighted by Crippen LogP contribution is 2.14. The third-order valence-electron chi connectivity index (χ3n) is 4.49. The highest BCUT2D eigenvalue weighted by molar-refractivity contribution is 7.89. The standard InChI is InChI=1S/C19H28N4O4S2/c1-4-17(5-2)23-29(26,27)18-9-10-19(22-13-18)21-12-15-7-6-8-16(11-15)14-28(24,25)20-3/h6-11,13,17,20,23H,4-5,12,14H2,1-3H3,(H,21,22). The van der Waals surface area contributed by atoms with Gasteiger partial charge in [-0.25, -0.2) is 31.3 Å². The Hall–Kier alpha value is -2.01. The predicted molar refractivity (Wildman–Crippen MR) is 114 cm³/mol. The van der Waals surface area contributed by atoms with Gasteiger partial charge in [0.1, 0.15) is 10.7 Å². The van der Waals surface area contributed by atoms with Crippen LogP contribution in [0.4, 0.5) is 5.82 Å². The van der Waals surface area contributed by atoms with Gasteiger partial charge in [0, 0.05) is 18.8 Å². The van der Waals surface area contributed by atoms with Gasteiger partial charge in [-0.2, -0.15) is 0 Å². The van der Waals surface area contributed by atoms with Crippen molar-refractivity contribution < 1.29 is 16.8 Å². The average molecular weight is 441 g/mol. The first kappa shape index (κ1) is 23.3. The molecule has 0 fully saturated rings. The normalized spacial score (nSPS) is 12.3. The quantitative estimate of drug-likeness (QED) is 0.493. The van der Waals surface area contributed by atoms with Gasteiger partial charge in [0.05, 0.1) is 5.75 Å². The van der Waals surface area contributed by atoms with E-state index in [0.29, 0.717) is 17.9 Å². The van der Waals surface area contributed by atoms with Gasteiger partial charge in [0.15, 0.2) is 0 Å². The Bertz CT molecular complexity index is 1000. The Morgan fingerprint density at radius 3 is 2.28 bits per heavy atom. The Morgan fingerprint density at radius 2 is 1.69 bits per heavy atom. The average Bonchev–Trinajstić information content (AvgIpc) is 2.71. The SMILES string of the molecule is CCC(CC)NS(=O)(=O)c1ccc(NCc2cccc(CS(=O)(=O)NC)c2)nc1. The lowest BCUT2D eigenvalue weighted by Crippen LogP contribution is -2.33. The van der Waals surface area contributed by atoms with Crippen molar-refractivity contribution in [3.8, 4) is 0 Å². The summed E-state index contributed by atoms with van der Waals surface area (Å²) in [5, 5.41) is 3.12. The zero-order valence-corrected chi connectivity index (χ0v) is 18.5. The summed E-state index contributed by atoms with van der Waals surface area (Å²) in [5.74, 6) is 0.436. The second-order valence-corrected chi connectivity index (χ2v) is 10.3. The molecule has 0 saturated heterocycles. The molecule has 2 aromatic rings. The second kappa shape index (κ2) is 10.1. The zero-order valence-electron chi connectivity index (χ0n) is 16.8. The minimum Gasteiger partial charge on any atom is -0.366 e. The lowest BCUT2D eigenvalue weighted by atomic mass is 10.1. The lowest BCUT2D eigenvalue weighted by molar-refractivity contribution is 0.530. The van der Waals surface area contributed by atoms with Crippen LogP contribution in [0.15, 0.2) is 47.5 Å². The molecule has 0 aliphatic carbocycles. The van der Waals surface area contributed by atoms with Crippen LogP contribution in [0.1, 0.15) is 37.8 Å². The van der Waals surface area contributed by atoms with Gasteiger partial charge in [0.2, 0.25) is 20.0 Å². The van der Waals surface area contributed by atoms with Crippen LogP contribution in [0.3, 0.4) is 0 Å². The molecule has 0 aliphatic heterocycles. The molecule has 0 unspecified atom stereocenters. The van der Waals surface area contributed by atoms with Crippen LogP contribution in [0.5, 0.6) is 0 Å². The van der Waals surface area contributed by atoms with E-state index in [2.05, 4.69) is 19.7 Å². The largest absolute Gasteiger partial charge is 0.366 e. The summed E-state index contributed by atoms with van der Waals surface area (Å²) in [6.45, 7) is 4.30. The Morgan fingerprint density at radius 1 is 1.00 bits per heavy atom. The molecule has 2 rings (SSSR count). The number of nitrogens with one attached hydrogen (secondary N) is 3. The number of aromatic nitrogens is 1. The third kappa shape index (κ3) is 7.07. The van der Waals surface area contributed by atoms with Crippen LogP contribution in [-0.4, -0.2) is 34.9 Å². The van der Waals surface area contributed by atoms with Gasteiger partial charge in [-0.05, 0) is 43.1 Å². The number of rotatable bonds is 11. The minimum atomic E-state index is -3.60. The fraction of sp³-hybridized carbons (Fsp3) is 0.421. The van der Waals surface area contributed by atoms with E-state index >= 15 is 0 Å². The first-order chi connectivity index (χ1) is 13.7. The first-order valence-electron chi connectivity index (χ1n) is 9.40. The molecule has 0 spiro atoms. The number of hydrogen-bond donors (Lipinski definition) is 3. The van der Waals surface area contributed by atoms with Crippen molar-refractivity contribution in [1.29, 1.82) is 0 Å². The Labute approximate surface area is 173 Å². The maximum atomic E-state index is 12.4. The van der Waals surface area contributed by atoms with Gasteiger partial charge in [-0.3, -0.25) is 0 Å². The smallest absolute Gasteiger partial charge is 0.242 e. The van der Waals surface area contributed by atoms with E-state index in [1.54, 1.807) is 24.3 Å². The van der Waals surface area contributed by atoms with E-state index < -0.39 is 20.0 Å². The molecule has 1 aromatic carbocycles. The molecule has 0 amide bonds. The summed E-state index contributed by atoms with van der Waals surface area (Å²) < 4.78 is 53.1. The Balaban J connectivity index is 2.02. The van der Waals surface area contributed by atoms with Crippen LogP contribution in [0, 0.1) is 0 Å². The third-order valence-corrected chi connectivity index (χ3v) is 7.33. The summed E-state index contributed by atoms with van der Waals surface area (Å²) in [6, 6.07) is 10.2. The molecular formula is C19H28N4O4S2. The van der Waals surface area contributed by atoms with E-state index in [0.717, 1.165) is 18.4 Å². The molecule has 0 atom stereocenters. The summed E-state index contributed by atoms with van der Waals surface area (Å²) in [4.78, 5) is 4.30. The Kier molecular flexibility index (Phi) is 8.14. The summed E-state index contributed by atoms with van der Waals surface area (Å²) in [7, 11) is -5.54. The number of benzene rings is 1. The molecule has 0 saturated carbocycles. The number of nitrogens with zero attached hydrogens (tertiary/aromatic N) is 1. The fourth-order valence-corrected chi connectivity index (χ4v) is 4.81. The minimum absolute atomic E-state index is 0.0916. The molecule has 10 heteroatoms. The number of hydrogen-bond acceptors (Lipinski definition) is 6. The molecule has 1 aromatic heterocycles. The monoisotopic (exact) mass is 440 g/mol. The van der Waals surface area contributed by atoms with Crippen molar-refractivity contribution in [3.63, 3.8) is 0 Å². The molecule has 160 valence electrons. The fourth-order valence-electron chi connectivity index (χ4n) is 2.70. The van der Waals surface area contributed by atoms with Gasteiger partial charge >= 0.3 is 0 Å². The topological polar surface area (TPSA) is 117 Å². The van der Waals surface area contributed by atoms with Gasteiger partial charge < -0.3 is 5.32 Å². The van der Waals surface area contributed by atoms with Crippen molar-refractivity contribution >= 4 is 25.9 Å². The number of sulfonamides is 2. The van der Waals surface area contributed by atoms with Crippen LogP contribution in [-0.2, 0) is 32.3 Å². The molecule has 0 bridgehead atoms. The van der Waals surface area contributed by atoms with Gasteiger partial charge in [-0.15, -0.1) is 0 Å². The van der Waals surface area contributed by atoms with E-state index in [1.807, 2.05) is 19.9 Å². The summed E-state index contributed by atoms with van der Waals surface area (Å²) in [5.41, 5.74) is 1.57. The second-order valence-electron chi connectivity index (χ2n) is 6.65. The molecule has 0 radical (unpaired) electrons. The highest BCUT2D eigenvalue weighted by Gasteiger charge is 2.18. The first-order valence-corrected chi connectivity index (χ1v) is 12.5. The van der Waals surface area contributed by atoms with E-state index in [4.69, 9.17) is 0 Å². The maximum absolute atomic E-state index is 12.4. The highest BCUT2D eigenvalue weighted by atomic mass is 32.2. The molecule has 29 heavy (non-hydrogen) atoms. The molecule has 1 heterocycles. The van der Waals surface area contributed by atoms with Crippen LogP contribution in [0.25, 0.3) is 0 Å². The van der Waals surface area contributed by atoms with Crippen molar-refractivity contribution in [3.05, 3.63) is 53.7 Å². The molecular weight excluding hydrogens is 412 g/mol. The van der Waals surface area contributed by atoms with E-state index in [9.17, 15) is 16.8 Å². The van der Waals surface area contributed by atoms with Gasteiger partial charge in [-0.1, -0.05) is 38.1 Å². The van der Waals surface area contributed by atoms with Crippen molar-refractivity contribution in [2.75, 3.05) is 12.4 Å². The summed E-state index contributed by atoms with van der Waals surface area (Å²) >= 11 is 0. The molecule has 8 nitrogen and oxygen atoms in total. The van der Waals surface area contributed by atoms with Crippen molar-refractivity contribution in [1.82, 2.24) is 14.4 Å². The van der Waals surface area contributed by atoms with E-state index in [-0.39, 0.29) is 16.7 Å². The molecule has 0 aliphatic rings. The van der Waals surface area contributed by atoms with Crippen LogP contribution < -0.4 is 14.8 Å². The van der Waals surface area contributed by atoms with Crippen molar-refractivity contribution in [2.24, 2.45) is 0 Å². The maximum Gasteiger partial charge on any atom is 0.242 e. The molecule has 3 N–H and O–H groups in total. The van der Waals surface area contributed by atoms with Crippen LogP contribution >= 0.6 is 0 Å². The lowest BCUT2D eigenvalue weighted by Gasteiger charge is -2.15. The number of pyridine rings is 1. The van der Waals surface area contributed by atoms with Gasteiger partial charge in [0.25, 0.3) is 0 Å². The summed E-state index contributed by atoms with van der Waals surface area (Å²) in [6.07, 6.45) is 2.76. The number of anilines is 1.